The lowest BCUT2D eigenvalue weighted by molar-refractivity contribution is 0.882. The van der Waals surface area contributed by atoms with E-state index in [1.807, 2.05) is 35.8 Å². The molecule has 0 N–H and O–H groups in total. The van der Waals surface area contributed by atoms with Crippen molar-refractivity contribution in [3.63, 3.8) is 0 Å². The molecule has 6 heteroatoms. The number of pyridine rings is 1. The van der Waals surface area contributed by atoms with Crippen LogP contribution in [0.1, 0.15) is 18.1 Å². The lowest BCUT2D eigenvalue weighted by atomic mass is 10.3. The van der Waals surface area contributed by atoms with Crippen LogP contribution in [-0.2, 0) is 0 Å². The standard InChI is InChI=1S/C14H10Cl2IN3/c1-8(15)14-19-11-7-18-5-4-13(11)20(14)12-3-2-9(17)6-10(12)16/h2-8H,1H3. The number of fused-ring (bicyclic) bond motifs is 1. The van der Waals surface area contributed by atoms with Gasteiger partial charge in [0.2, 0.25) is 0 Å². The highest BCUT2D eigenvalue weighted by Crippen LogP contribution is 2.31. The zero-order valence-electron chi connectivity index (χ0n) is 10.5. The van der Waals surface area contributed by atoms with E-state index in [0.29, 0.717) is 5.02 Å². The smallest absolute Gasteiger partial charge is 0.132 e. The van der Waals surface area contributed by atoms with Gasteiger partial charge in [0.15, 0.2) is 0 Å². The predicted molar refractivity (Wildman–Crippen MR) is 90.9 cm³/mol. The van der Waals surface area contributed by atoms with Gasteiger partial charge < -0.3 is 0 Å². The molecule has 0 saturated carbocycles. The molecule has 0 spiro atoms. The van der Waals surface area contributed by atoms with Crippen LogP contribution >= 0.6 is 45.8 Å². The van der Waals surface area contributed by atoms with Crippen LogP contribution in [0.25, 0.3) is 16.7 Å². The molecule has 0 radical (unpaired) electrons. The van der Waals surface area contributed by atoms with Crippen molar-refractivity contribution in [2.24, 2.45) is 0 Å². The molecule has 3 nitrogen and oxygen atoms in total. The van der Waals surface area contributed by atoms with Crippen LogP contribution in [-0.4, -0.2) is 14.5 Å². The second kappa shape index (κ2) is 5.50. The first-order valence-corrected chi connectivity index (χ1v) is 7.89. The molecule has 102 valence electrons. The van der Waals surface area contributed by atoms with E-state index in [-0.39, 0.29) is 5.38 Å². The average molecular weight is 418 g/mol. The summed E-state index contributed by atoms with van der Waals surface area (Å²) in [7, 11) is 0. The molecule has 0 aliphatic rings. The van der Waals surface area contributed by atoms with Crippen molar-refractivity contribution in [1.82, 2.24) is 14.5 Å². The first kappa shape index (κ1) is 14.1. The third-order valence-electron chi connectivity index (χ3n) is 2.99. The summed E-state index contributed by atoms with van der Waals surface area (Å²) in [4.78, 5) is 8.66. The maximum absolute atomic E-state index is 6.39. The molecular weight excluding hydrogens is 408 g/mol. The van der Waals surface area contributed by atoms with E-state index in [2.05, 4.69) is 32.6 Å². The van der Waals surface area contributed by atoms with E-state index in [9.17, 15) is 0 Å². The molecule has 0 bridgehead atoms. The summed E-state index contributed by atoms with van der Waals surface area (Å²) in [5.41, 5.74) is 2.64. The Morgan fingerprint density at radius 1 is 1.30 bits per heavy atom. The fourth-order valence-corrected chi connectivity index (χ4v) is 3.22. The second-order valence-corrected chi connectivity index (χ2v) is 6.69. The van der Waals surface area contributed by atoms with Gasteiger partial charge >= 0.3 is 0 Å². The molecule has 0 fully saturated rings. The minimum Gasteiger partial charge on any atom is -0.293 e. The number of hydrogen-bond donors (Lipinski definition) is 0. The van der Waals surface area contributed by atoms with Crippen molar-refractivity contribution in [2.75, 3.05) is 0 Å². The van der Waals surface area contributed by atoms with Gasteiger partial charge in [0.05, 0.1) is 27.8 Å². The van der Waals surface area contributed by atoms with Crippen molar-refractivity contribution in [1.29, 1.82) is 0 Å². The Morgan fingerprint density at radius 2 is 2.10 bits per heavy atom. The zero-order chi connectivity index (χ0) is 14.3. The lowest BCUT2D eigenvalue weighted by Gasteiger charge is -2.12. The van der Waals surface area contributed by atoms with Gasteiger partial charge in [-0.25, -0.2) is 4.98 Å². The van der Waals surface area contributed by atoms with Crippen LogP contribution in [0, 0.1) is 3.57 Å². The topological polar surface area (TPSA) is 30.7 Å². The third kappa shape index (κ3) is 2.40. The Bertz CT molecular complexity index is 783. The Labute approximate surface area is 140 Å². The van der Waals surface area contributed by atoms with Crippen molar-refractivity contribution >= 4 is 56.8 Å². The quantitative estimate of drug-likeness (QED) is 0.435. The molecule has 0 amide bonds. The van der Waals surface area contributed by atoms with E-state index in [0.717, 1.165) is 26.1 Å². The highest BCUT2D eigenvalue weighted by atomic mass is 127. The first-order chi connectivity index (χ1) is 9.58. The second-order valence-electron chi connectivity index (χ2n) is 4.38. The van der Waals surface area contributed by atoms with Crippen LogP contribution in [0.3, 0.4) is 0 Å². The molecule has 1 atom stereocenters. The van der Waals surface area contributed by atoms with Crippen LogP contribution in [0.5, 0.6) is 0 Å². The molecule has 3 aromatic rings. The van der Waals surface area contributed by atoms with Crippen LogP contribution < -0.4 is 0 Å². The van der Waals surface area contributed by atoms with Crippen molar-refractivity contribution < 1.29 is 0 Å². The minimum atomic E-state index is -0.224. The van der Waals surface area contributed by atoms with Gasteiger partial charge in [0.25, 0.3) is 0 Å². The Balaban J connectivity index is 2.36. The molecule has 2 aromatic heterocycles. The Kier molecular flexibility index (Phi) is 3.88. The van der Waals surface area contributed by atoms with Gasteiger partial charge in [-0.3, -0.25) is 9.55 Å². The van der Waals surface area contributed by atoms with E-state index in [4.69, 9.17) is 23.2 Å². The highest BCUT2D eigenvalue weighted by molar-refractivity contribution is 14.1. The van der Waals surface area contributed by atoms with Crippen molar-refractivity contribution in [2.45, 2.75) is 12.3 Å². The zero-order valence-corrected chi connectivity index (χ0v) is 14.2. The lowest BCUT2D eigenvalue weighted by Crippen LogP contribution is -2.02. The molecule has 0 aliphatic heterocycles. The fraction of sp³-hybridized carbons (Fsp3) is 0.143. The van der Waals surface area contributed by atoms with Crippen LogP contribution in [0.4, 0.5) is 0 Å². The molecule has 1 aromatic carbocycles. The van der Waals surface area contributed by atoms with Gasteiger partial charge in [-0.2, -0.15) is 0 Å². The van der Waals surface area contributed by atoms with Crippen LogP contribution in [0.2, 0.25) is 5.02 Å². The van der Waals surface area contributed by atoms with Crippen LogP contribution in [0.15, 0.2) is 36.7 Å². The normalized spacial score (nSPS) is 12.8. The summed E-state index contributed by atoms with van der Waals surface area (Å²) < 4.78 is 3.08. The maximum atomic E-state index is 6.39. The third-order valence-corrected chi connectivity index (χ3v) is 4.16. The van der Waals surface area contributed by atoms with Crippen molar-refractivity contribution in [3.8, 4) is 5.69 Å². The summed E-state index contributed by atoms with van der Waals surface area (Å²) in [5, 5.41) is 0.448. The van der Waals surface area contributed by atoms with E-state index >= 15 is 0 Å². The number of benzene rings is 1. The minimum absolute atomic E-state index is 0.224. The van der Waals surface area contributed by atoms with Gasteiger partial charge in [-0.15, -0.1) is 11.6 Å². The summed E-state index contributed by atoms with van der Waals surface area (Å²) in [6.45, 7) is 1.90. The monoisotopic (exact) mass is 417 g/mol. The van der Waals surface area contributed by atoms with Gasteiger partial charge in [0, 0.05) is 9.77 Å². The summed E-state index contributed by atoms with van der Waals surface area (Å²) >= 11 is 14.9. The number of rotatable bonds is 2. The largest absolute Gasteiger partial charge is 0.293 e. The fourth-order valence-electron chi connectivity index (χ4n) is 2.13. The van der Waals surface area contributed by atoms with E-state index in [1.54, 1.807) is 12.4 Å². The van der Waals surface area contributed by atoms with Gasteiger partial charge in [0.1, 0.15) is 11.3 Å². The molecule has 20 heavy (non-hydrogen) atoms. The number of nitrogens with zero attached hydrogens (tertiary/aromatic N) is 3. The summed E-state index contributed by atoms with van der Waals surface area (Å²) in [6.07, 6.45) is 3.47. The van der Waals surface area contributed by atoms with Crippen molar-refractivity contribution in [3.05, 3.63) is 51.1 Å². The molecule has 3 rings (SSSR count). The van der Waals surface area contributed by atoms with E-state index in [1.165, 1.54) is 0 Å². The number of aromatic nitrogens is 3. The first-order valence-electron chi connectivity index (χ1n) is 6.00. The number of halogens is 3. The Hall–Kier alpha value is -0.850. The molecule has 0 saturated heterocycles. The van der Waals surface area contributed by atoms with Gasteiger partial charge in [-0.05, 0) is 53.8 Å². The molecule has 2 heterocycles. The molecular formula is C14H10Cl2IN3. The average Bonchev–Trinajstić information content (AvgIpc) is 2.78. The van der Waals surface area contributed by atoms with E-state index < -0.39 is 0 Å². The maximum Gasteiger partial charge on any atom is 0.132 e. The summed E-state index contributed by atoms with van der Waals surface area (Å²) in [6, 6.07) is 7.83. The Morgan fingerprint density at radius 3 is 2.80 bits per heavy atom. The number of imidazole rings is 1. The number of alkyl halides is 1. The molecule has 1 unspecified atom stereocenters. The molecule has 0 aliphatic carbocycles. The SMILES string of the molecule is CC(Cl)c1nc2cnccc2n1-c1ccc(I)cc1Cl. The number of hydrogen-bond acceptors (Lipinski definition) is 2. The predicted octanol–water partition coefficient (Wildman–Crippen LogP) is 4.98. The highest BCUT2D eigenvalue weighted by Gasteiger charge is 2.18. The van der Waals surface area contributed by atoms with Gasteiger partial charge in [-0.1, -0.05) is 11.6 Å². The summed E-state index contributed by atoms with van der Waals surface area (Å²) in [5.74, 6) is 0.762.